The van der Waals surface area contributed by atoms with Crippen LogP contribution in [0, 0.1) is 0 Å². The van der Waals surface area contributed by atoms with Crippen molar-refractivity contribution in [3.05, 3.63) is 64.1 Å². The number of amides is 1. The van der Waals surface area contributed by atoms with E-state index in [1.807, 2.05) is 36.4 Å². The lowest BCUT2D eigenvalue weighted by molar-refractivity contribution is -0.305. The van der Waals surface area contributed by atoms with Crippen molar-refractivity contribution < 1.29 is 24.2 Å². The average Bonchev–Trinajstić information content (AvgIpc) is 2.78. The summed E-state index contributed by atoms with van der Waals surface area (Å²) in [6.45, 7) is 0. The van der Waals surface area contributed by atoms with Gasteiger partial charge in [-0.25, -0.2) is 4.99 Å². The molecule has 0 radical (unpaired) electrons. The molecular formula is C19H14BrN2O5-. The molecule has 8 heteroatoms. The Balaban J connectivity index is 1.99. The quantitative estimate of drug-likeness (QED) is 0.726. The van der Waals surface area contributed by atoms with E-state index in [0.717, 1.165) is 10.0 Å². The number of carboxylic acids is 1. The Morgan fingerprint density at radius 2 is 1.89 bits per heavy atom. The van der Waals surface area contributed by atoms with Gasteiger partial charge in [-0.15, -0.1) is 0 Å². The third-order valence-electron chi connectivity index (χ3n) is 3.79. The first kappa shape index (κ1) is 18.8. The molecule has 0 saturated carbocycles. The summed E-state index contributed by atoms with van der Waals surface area (Å²) in [6.07, 6.45) is -2.32. The number of nitrogens with zero attached hydrogens (tertiary/aromatic N) is 1. The minimum Gasteiger partial charge on any atom is -0.550 e. The van der Waals surface area contributed by atoms with Crippen LogP contribution in [-0.2, 0) is 19.1 Å². The van der Waals surface area contributed by atoms with E-state index in [9.17, 15) is 19.5 Å². The Hall–Kier alpha value is -3.00. The Morgan fingerprint density at radius 3 is 2.59 bits per heavy atom. The first-order chi connectivity index (χ1) is 12.9. The second-order valence-corrected chi connectivity index (χ2v) is 6.65. The first-order valence-corrected chi connectivity index (χ1v) is 8.86. The number of fused-ring (bicyclic) bond motifs is 1. The standard InChI is InChI=1S/C19H15BrN2O5/c20-12-6-7-14-13(10-12)17(11-4-2-1-3-5-11)22-19(18(26)21-14)27-16(25)9-8-15(23)24/h1-7,10,19H,8-9H2,(H,21,26)(H,23,24)/p-1/t19-/m0/s1. The zero-order valence-electron chi connectivity index (χ0n) is 14.0. The summed E-state index contributed by atoms with van der Waals surface area (Å²) in [4.78, 5) is 39.2. The van der Waals surface area contributed by atoms with Crippen molar-refractivity contribution in [2.45, 2.75) is 19.1 Å². The fourth-order valence-corrected chi connectivity index (χ4v) is 2.92. The molecule has 0 aromatic heterocycles. The van der Waals surface area contributed by atoms with Crippen molar-refractivity contribution in [2.75, 3.05) is 5.32 Å². The van der Waals surface area contributed by atoms with Gasteiger partial charge in [0.15, 0.2) is 0 Å². The lowest BCUT2D eigenvalue weighted by atomic mass is 10.0. The van der Waals surface area contributed by atoms with Crippen molar-refractivity contribution in [3.63, 3.8) is 0 Å². The number of aliphatic carboxylic acids is 1. The fraction of sp³-hybridized carbons (Fsp3) is 0.158. The minimum absolute atomic E-state index is 0.402. The monoisotopic (exact) mass is 429 g/mol. The molecule has 0 spiro atoms. The number of aliphatic imine (C=N–C) groups is 1. The molecular weight excluding hydrogens is 416 g/mol. The maximum atomic E-state index is 12.5. The number of carboxylic acid groups (broad SMARTS) is 1. The highest BCUT2D eigenvalue weighted by molar-refractivity contribution is 9.10. The summed E-state index contributed by atoms with van der Waals surface area (Å²) in [7, 11) is 0. The highest BCUT2D eigenvalue weighted by Gasteiger charge is 2.28. The van der Waals surface area contributed by atoms with Gasteiger partial charge < -0.3 is 20.0 Å². The van der Waals surface area contributed by atoms with Gasteiger partial charge in [0.2, 0.25) is 0 Å². The van der Waals surface area contributed by atoms with Gasteiger partial charge in [-0.05, 0) is 24.6 Å². The van der Waals surface area contributed by atoms with Crippen LogP contribution in [0.2, 0.25) is 0 Å². The van der Waals surface area contributed by atoms with Crippen LogP contribution < -0.4 is 10.4 Å². The van der Waals surface area contributed by atoms with E-state index in [0.29, 0.717) is 17.0 Å². The molecule has 1 aliphatic rings. The van der Waals surface area contributed by atoms with E-state index >= 15 is 0 Å². The Kier molecular flexibility index (Phi) is 5.66. The van der Waals surface area contributed by atoms with Crippen molar-refractivity contribution >= 4 is 45.2 Å². The fourth-order valence-electron chi connectivity index (χ4n) is 2.55. The van der Waals surface area contributed by atoms with Crippen LogP contribution >= 0.6 is 15.9 Å². The number of hydrogen-bond acceptors (Lipinski definition) is 6. The normalized spacial score (nSPS) is 15.8. The van der Waals surface area contributed by atoms with Crippen LogP contribution in [0.4, 0.5) is 5.69 Å². The molecule has 7 nitrogen and oxygen atoms in total. The van der Waals surface area contributed by atoms with Crippen molar-refractivity contribution in [1.82, 2.24) is 0 Å². The van der Waals surface area contributed by atoms with E-state index in [1.165, 1.54) is 0 Å². The van der Waals surface area contributed by atoms with Gasteiger partial charge in [-0.1, -0.05) is 46.3 Å². The largest absolute Gasteiger partial charge is 0.550 e. The molecule has 2 aromatic carbocycles. The number of carbonyl (C=O) groups is 3. The van der Waals surface area contributed by atoms with Crippen molar-refractivity contribution in [3.8, 4) is 0 Å². The van der Waals surface area contributed by atoms with Crippen LogP contribution in [0.15, 0.2) is 58.0 Å². The number of ether oxygens (including phenoxy) is 1. The summed E-state index contributed by atoms with van der Waals surface area (Å²) < 4.78 is 5.90. The summed E-state index contributed by atoms with van der Waals surface area (Å²) >= 11 is 3.41. The molecule has 138 valence electrons. The zero-order chi connectivity index (χ0) is 19.4. The predicted molar refractivity (Wildman–Crippen MR) is 99.0 cm³/mol. The summed E-state index contributed by atoms with van der Waals surface area (Å²) in [5.74, 6) is -2.84. The van der Waals surface area contributed by atoms with Crippen LogP contribution in [0.1, 0.15) is 24.0 Å². The number of carbonyl (C=O) groups excluding carboxylic acids is 3. The molecule has 27 heavy (non-hydrogen) atoms. The maximum Gasteiger partial charge on any atom is 0.308 e. The van der Waals surface area contributed by atoms with Crippen LogP contribution in [0.25, 0.3) is 0 Å². The van der Waals surface area contributed by atoms with E-state index < -0.39 is 36.9 Å². The van der Waals surface area contributed by atoms with Gasteiger partial charge in [-0.2, -0.15) is 0 Å². The number of rotatable bonds is 5. The molecule has 0 aliphatic carbocycles. The maximum absolute atomic E-state index is 12.5. The van der Waals surface area contributed by atoms with Crippen molar-refractivity contribution in [1.29, 1.82) is 0 Å². The van der Waals surface area contributed by atoms with Crippen molar-refractivity contribution in [2.24, 2.45) is 4.99 Å². The molecule has 1 heterocycles. The number of hydrogen-bond donors (Lipinski definition) is 1. The number of anilines is 1. The second-order valence-electron chi connectivity index (χ2n) is 5.74. The summed E-state index contributed by atoms with van der Waals surface area (Å²) in [6, 6.07) is 14.5. The molecule has 0 unspecified atom stereocenters. The van der Waals surface area contributed by atoms with Gasteiger partial charge in [0.05, 0.1) is 17.8 Å². The Labute approximate surface area is 163 Å². The molecule has 1 aliphatic heterocycles. The third-order valence-corrected chi connectivity index (χ3v) is 4.28. The van der Waals surface area contributed by atoms with Gasteiger partial charge in [0.25, 0.3) is 12.1 Å². The minimum atomic E-state index is -1.43. The second kappa shape index (κ2) is 8.13. The van der Waals surface area contributed by atoms with E-state index in [1.54, 1.807) is 12.1 Å². The van der Waals surface area contributed by atoms with Crippen LogP contribution in [0.3, 0.4) is 0 Å². The van der Waals surface area contributed by atoms with Gasteiger partial charge in [0.1, 0.15) is 0 Å². The topological polar surface area (TPSA) is 108 Å². The molecule has 0 fully saturated rings. The lowest BCUT2D eigenvalue weighted by Gasteiger charge is -2.12. The highest BCUT2D eigenvalue weighted by Crippen LogP contribution is 2.27. The summed E-state index contributed by atoms with van der Waals surface area (Å²) in [5.41, 5.74) is 2.41. The van der Waals surface area contributed by atoms with Gasteiger partial charge in [-0.3, -0.25) is 9.59 Å². The molecule has 0 bridgehead atoms. The Morgan fingerprint density at radius 1 is 1.15 bits per heavy atom. The highest BCUT2D eigenvalue weighted by atomic mass is 79.9. The number of esters is 1. The SMILES string of the molecule is O=C([O-])CCC(=O)O[C@@H]1N=C(c2ccccc2)c2cc(Br)ccc2NC1=O. The Bertz CT molecular complexity index is 927. The van der Waals surface area contributed by atoms with E-state index in [4.69, 9.17) is 4.74 Å². The van der Waals surface area contributed by atoms with Crippen LogP contribution in [-0.4, -0.2) is 29.8 Å². The molecule has 1 amide bonds. The molecule has 2 aromatic rings. The third kappa shape index (κ3) is 4.59. The molecule has 0 saturated heterocycles. The predicted octanol–water partition coefficient (Wildman–Crippen LogP) is 1.64. The first-order valence-electron chi connectivity index (χ1n) is 8.07. The smallest absolute Gasteiger partial charge is 0.308 e. The van der Waals surface area contributed by atoms with Gasteiger partial charge >= 0.3 is 5.97 Å². The number of halogens is 1. The summed E-state index contributed by atoms with van der Waals surface area (Å²) in [5, 5.41) is 13.2. The van der Waals surface area contributed by atoms with Crippen LogP contribution in [0.5, 0.6) is 0 Å². The molecule has 3 rings (SSSR count). The number of benzene rings is 2. The average molecular weight is 430 g/mol. The molecule has 1 atom stereocenters. The number of nitrogens with one attached hydrogen (secondary N) is 1. The zero-order valence-corrected chi connectivity index (χ0v) is 15.6. The van der Waals surface area contributed by atoms with Gasteiger partial charge in [0, 0.05) is 21.6 Å². The van der Waals surface area contributed by atoms with E-state index in [2.05, 4.69) is 26.2 Å². The van der Waals surface area contributed by atoms with E-state index in [-0.39, 0.29) is 0 Å². The molecule has 1 N–H and O–H groups in total. The number of benzodiazepines with no additional fused rings is 1. The lowest BCUT2D eigenvalue weighted by Crippen LogP contribution is -2.31.